The first-order valence-corrected chi connectivity index (χ1v) is 9.64. The van der Waals surface area contributed by atoms with Crippen molar-refractivity contribution in [2.24, 2.45) is 11.8 Å². The van der Waals surface area contributed by atoms with E-state index in [9.17, 15) is 9.59 Å². The number of benzene rings is 2. The Bertz CT molecular complexity index is 855. The van der Waals surface area contributed by atoms with Crippen LogP contribution in [0.1, 0.15) is 28.7 Å². The highest BCUT2D eigenvalue weighted by Gasteiger charge is 2.48. The summed E-state index contributed by atoms with van der Waals surface area (Å²) < 4.78 is 0. The van der Waals surface area contributed by atoms with Crippen molar-refractivity contribution in [1.82, 2.24) is 5.32 Å². The van der Waals surface area contributed by atoms with Crippen molar-refractivity contribution in [3.63, 3.8) is 0 Å². The quantitative estimate of drug-likeness (QED) is 0.784. The minimum atomic E-state index is -0.240. The summed E-state index contributed by atoms with van der Waals surface area (Å²) in [5.41, 5.74) is 5.20. The van der Waals surface area contributed by atoms with E-state index in [1.807, 2.05) is 45.0 Å². The van der Waals surface area contributed by atoms with Crippen LogP contribution in [0.25, 0.3) is 0 Å². The fourth-order valence-electron chi connectivity index (χ4n) is 3.52. The van der Waals surface area contributed by atoms with Crippen LogP contribution in [-0.2, 0) is 16.0 Å². The predicted octanol–water partition coefficient (Wildman–Crippen LogP) is 4.20. The zero-order chi connectivity index (χ0) is 19.6. The van der Waals surface area contributed by atoms with E-state index in [4.69, 9.17) is 11.6 Å². The fourth-order valence-corrected chi connectivity index (χ4v) is 3.73. The number of halogens is 1. The largest absolute Gasteiger partial charge is 0.356 e. The van der Waals surface area contributed by atoms with Crippen LogP contribution in [0, 0.1) is 32.6 Å². The van der Waals surface area contributed by atoms with Gasteiger partial charge in [-0.3, -0.25) is 9.59 Å². The van der Waals surface area contributed by atoms with Crippen LogP contribution < -0.4 is 10.6 Å². The zero-order valence-corrected chi connectivity index (χ0v) is 16.7. The fraction of sp³-hybridized carbons (Fsp3) is 0.364. The maximum atomic E-state index is 12.5. The van der Waals surface area contributed by atoms with Crippen LogP contribution in [0.2, 0.25) is 5.02 Å². The Morgan fingerprint density at radius 3 is 2.37 bits per heavy atom. The SMILES string of the molecule is Cc1cc(C)c(NC(=O)C2CC2C(=O)NCCc2cccc(Cl)c2)c(C)c1. The number of rotatable bonds is 6. The number of anilines is 1. The third-order valence-corrected chi connectivity index (χ3v) is 5.23. The molecule has 27 heavy (non-hydrogen) atoms. The van der Waals surface area contributed by atoms with Gasteiger partial charge in [-0.15, -0.1) is 0 Å². The molecule has 3 rings (SSSR count). The summed E-state index contributed by atoms with van der Waals surface area (Å²) in [6.45, 7) is 6.56. The Morgan fingerprint density at radius 2 is 1.70 bits per heavy atom. The summed E-state index contributed by atoms with van der Waals surface area (Å²) in [7, 11) is 0. The molecule has 0 radical (unpaired) electrons. The topological polar surface area (TPSA) is 58.2 Å². The molecule has 2 amide bonds. The summed E-state index contributed by atoms with van der Waals surface area (Å²) >= 11 is 5.97. The monoisotopic (exact) mass is 384 g/mol. The maximum absolute atomic E-state index is 12.5. The summed E-state index contributed by atoms with van der Waals surface area (Å²) in [5, 5.41) is 6.63. The molecule has 2 unspecified atom stereocenters. The Hall–Kier alpha value is -2.33. The lowest BCUT2D eigenvalue weighted by atomic mass is 10.0. The molecule has 1 fully saturated rings. The van der Waals surface area contributed by atoms with Gasteiger partial charge in [-0.2, -0.15) is 0 Å². The van der Waals surface area contributed by atoms with Gasteiger partial charge in [-0.1, -0.05) is 41.4 Å². The third kappa shape index (κ3) is 4.89. The number of amides is 2. The Balaban J connectivity index is 1.48. The maximum Gasteiger partial charge on any atom is 0.228 e. The van der Waals surface area contributed by atoms with E-state index in [1.54, 1.807) is 0 Å². The van der Waals surface area contributed by atoms with E-state index >= 15 is 0 Å². The second kappa shape index (κ2) is 8.13. The van der Waals surface area contributed by atoms with Crippen molar-refractivity contribution < 1.29 is 9.59 Å². The molecule has 2 atom stereocenters. The van der Waals surface area contributed by atoms with Gasteiger partial charge in [0.15, 0.2) is 0 Å². The second-order valence-electron chi connectivity index (χ2n) is 7.38. The summed E-state index contributed by atoms with van der Waals surface area (Å²) in [6.07, 6.45) is 1.33. The standard InChI is InChI=1S/C22H25ClN2O2/c1-13-9-14(2)20(15(3)10-13)25-22(27)19-12-18(19)21(26)24-8-7-16-5-4-6-17(23)11-16/h4-6,9-11,18-19H,7-8,12H2,1-3H3,(H,24,26)(H,25,27). The van der Waals surface area contributed by atoms with Gasteiger partial charge >= 0.3 is 0 Å². The number of carbonyl (C=O) groups is 2. The number of hydrogen-bond acceptors (Lipinski definition) is 2. The van der Waals surface area contributed by atoms with Crippen molar-refractivity contribution in [2.75, 3.05) is 11.9 Å². The Kier molecular flexibility index (Phi) is 5.85. The first kappa shape index (κ1) is 19.4. The first-order valence-electron chi connectivity index (χ1n) is 9.26. The molecule has 0 spiro atoms. The third-order valence-electron chi connectivity index (χ3n) is 4.99. The molecule has 1 aliphatic carbocycles. The molecule has 0 saturated heterocycles. The van der Waals surface area contributed by atoms with Crippen LogP contribution in [-0.4, -0.2) is 18.4 Å². The Labute approximate surface area is 165 Å². The molecule has 142 valence electrons. The summed E-state index contributed by atoms with van der Waals surface area (Å²) in [5.74, 6) is -0.582. The lowest BCUT2D eigenvalue weighted by Gasteiger charge is -2.13. The van der Waals surface area contributed by atoms with Gasteiger partial charge in [0.25, 0.3) is 0 Å². The minimum Gasteiger partial charge on any atom is -0.356 e. The van der Waals surface area contributed by atoms with E-state index in [2.05, 4.69) is 22.8 Å². The van der Waals surface area contributed by atoms with E-state index in [1.165, 1.54) is 5.56 Å². The van der Waals surface area contributed by atoms with Gasteiger partial charge in [0, 0.05) is 17.3 Å². The van der Waals surface area contributed by atoms with Gasteiger partial charge in [0.05, 0.1) is 11.8 Å². The lowest BCUT2D eigenvalue weighted by Crippen LogP contribution is -2.29. The van der Waals surface area contributed by atoms with Crippen molar-refractivity contribution >= 4 is 29.1 Å². The van der Waals surface area contributed by atoms with E-state index in [0.29, 0.717) is 18.0 Å². The predicted molar refractivity (Wildman–Crippen MR) is 109 cm³/mol. The first-order chi connectivity index (χ1) is 12.8. The van der Waals surface area contributed by atoms with Crippen molar-refractivity contribution in [1.29, 1.82) is 0 Å². The second-order valence-corrected chi connectivity index (χ2v) is 7.82. The molecule has 2 N–H and O–H groups in total. The van der Waals surface area contributed by atoms with Gasteiger partial charge in [-0.05, 0) is 62.4 Å². The molecule has 1 aliphatic rings. The number of aryl methyl sites for hydroxylation is 3. The summed E-state index contributed by atoms with van der Waals surface area (Å²) in [4.78, 5) is 24.8. The molecule has 0 aromatic heterocycles. The average molecular weight is 385 g/mol. The minimum absolute atomic E-state index is 0.0467. The van der Waals surface area contributed by atoms with Gasteiger partial charge in [-0.25, -0.2) is 0 Å². The molecule has 5 heteroatoms. The molecule has 4 nitrogen and oxygen atoms in total. The van der Waals surface area contributed by atoms with Crippen LogP contribution in [0.15, 0.2) is 36.4 Å². The number of hydrogen-bond donors (Lipinski definition) is 2. The van der Waals surface area contributed by atoms with Crippen LogP contribution in [0.5, 0.6) is 0 Å². The molecular formula is C22H25ClN2O2. The summed E-state index contributed by atoms with van der Waals surface area (Å²) in [6, 6.07) is 11.7. The Morgan fingerprint density at radius 1 is 1.04 bits per heavy atom. The number of nitrogens with one attached hydrogen (secondary N) is 2. The van der Waals surface area contributed by atoms with Crippen LogP contribution in [0.3, 0.4) is 0 Å². The van der Waals surface area contributed by atoms with E-state index in [-0.39, 0.29) is 23.7 Å². The molecule has 0 aliphatic heterocycles. The van der Waals surface area contributed by atoms with Crippen molar-refractivity contribution in [3.05, 3.63) is 63.7 Å². The van der Waals surface area contributed by atoms with Crippen molar-refractivity contribution in [2.45, 2.75) is 33.6 Å². The lowest BCUT2D eigenvalue weighted by molar-refractivity contribution is -0.125. The molecule has 1 saturated carbocycles. The highest BCUT2D eigenvalue weighted by Crippen LogP contribution is 2.40. The van der Waals surface area contributed by atoms with Gasteiger partial charge in [0.1, 0.15) is 0 Å². The molecule has 0 bridgehead atoms. The van der Waals surface area contributed by atoms with Gasteiger partial charge in [0.2, 0.25) is 11.8 Å². The molecule has 2 aromatic carbocycles. The molecule has 0 heterocycles. The highest BCUT2D eigenvalue weighted by molar-refractivity contribution is 6.30. The smallest absolute Gasteiger partial charge is 0.228 e. The number of carbonyl (C=O) groups excluding carboxylic acids is 2. The van der Waals surface area contributed by atoms with Crippen molar-refractivity contribution in [3.8, 4) is 0 Å². The van der Waals surface area contributed by atoms with Crippen LogP contribution in [0.4, 0.5) is 5.69 Å². The molecular weight excluding hydrogens is 360 g/mol. The van der Waals surface area contributed by atoms with Crippen LogP contribution >= 0.6 is 11.6 Å². The zero-order valence-electron chi connectivity index (χ0n) is 15.9. The average Bonchev–Trinajstić information content (AvgIpc) is 3.39. The van der Waals surface area contributed by atoms with E-state index < -0.39 is 0 Å². The normalized spacial score (nSPS) is 18.1. The highest BCUT2D eigenvalue weighted by atomic mass is 35.5. The molecule has 2 aromatic rings. The van der Waals surface area contributed by atoms with E-state index in [0.717, 1.165) is 28.8 Å². The van der Waals surface area contributed by atoms with Gasteiger partial charge < -0.3 is 10.6 Å².